The van der Waals surface area contributed by atoms with E-state index in [4.69, 9.17) is 15.2 Å². The van der Waals surface area contributed by atoms with Crippen molar-refractivity contribution in [2.24, 2.45) is 5.73 Å². The Kier molecular flexibility index (Phi) is 9.13. The number of carbonyl (C=O) groups excluding carboxylic acids is 4. The molecule has 0 heterocycles. The minimum atomic E-state index is -1.13. The van der Waals surface area contributed by atoms with Crippen molar-refractivity contribution in [3.63, 3.8) is 0 Å². The molecule has 0 saturated carbocycles. The number of amides is 2. The number of benzene rings is 3. The second-order valence-corrected chi connectivity index (χ2v) is 7.73. The summed E-state index contributed by atoms with van der Waals surface area (Å²) >= 11 is 0. The summed E-state index contributed by atoms with van der Waals surface area (Å²) < 4.78 is 10.7. The third-order valence-corrected chi connectivity index (χ3v) is 5.10. The molecule has 8 heteroatoms. The van der Waals surface area contributed by atoms with E-state index < -0.39 is 29.8 Å². The molecule has 35 heavy (non-hydrogen) atoms. The monoisotopic (exact) mass is 474 g/mol. The third kappa shape index (κ3) is 7.82. The fourth-order valence-corrected chi connectivity index (χ4v) is 3.26. The third-order valence-electron chi connectivity index (χ3n) is 5.10. The Morgan fingerprint density at radius 3 is 1.80 bits per heavy atom. The smallest absolute Gasteiger partial charge is 0.339 e. The fourth-order valence-electron chi connectivity index (χ4n) is 3.26. The molecule has 0 fully saturated rings. The van der Waals surface area contributed by atoms with Gasteiger partial charge in [0.05, 0.1) is 11.1 Å². The molecule has 0 radical (unpaired) electrons. The molecule has 3 aromatic carbocycles. The van der Waals surface area contributed by atoms with Crippen molar-refractivity contribution in [1.82, 2.24) is 5.32 Å². The summed E-state index contributed by atoms with van der Waals surface area (Å²) in [6, 6.07) is 23.2. The first-order chi connectivity index (χ1) is 16.9. The zero-order chi connectivity index (χ0) is 25.0. The summed E-state index contributed by atoms with van der Waals surface area (Å²) in [5.41, 5.74) is 6.88. The number of carbonyl (C=O) groups is 4. The van der Waals surface area contributed by atoms with Crippen LogP contribution in [0.2, 0.25) is 0 Å². The number of esters is 2. The lowest BCUT2D eigenvalue weighted by Crippen LogP contribution is -2.42. The summed E-state index contributed by atoms with van der Waals surface area (Å²) in [7, 11) is 0. The van der Waals surface area contributed by atoms with Gasteiger partial charge in [-0.3, -0.25) is 9.59 Å². The van der Waals surface area contributed by atoms with E-state index in [1.54, 1.807) is 24.3 Å². The van der Waals surface area contributed by atoms with Gasteiger partial charge in [0, 0.05) is 6.42 Å². The van der Waals surface area contributed by atoms with Crippen LogP contribution in [0.5, 0.6) is 0 Å². The highest BCUT2D eigenvalue weighted by atomic mass is 16.5. The standard InChI is InChI=1S/C27H26N2O6/c28-24(30)16-15-23(27(33)35-18-20-11-5-2-6-12-20)29-25(31)21-13-7-8-14-22(21)26(32)34-17-19-9-3-1-4-10-19/h1-14,23H,15-18H2,(H2,28,30)(H,29,31)/t23-/m0/s1. The zero-order valence-corrected chi connectivity index (χ0v) is 19.0. The highest BCUT2D eigenvalue weighted by Crippen LogP contribution is 2.14. The molecular weight excluding hydrogens is 448 g/mol. The van der Waals surface area contributed by atoms with Crippen molar-refractivity contribution in [1.29, 1.82) is 0 Å². The lowest BCUT2D eigenvalue weighted by molar-refractivity contribution is -0.147. The molecule has 0 spiro atoms. The van der Waals surface area contributed by atoms with E-state index in [0.29, 0.717) is 0 Å². The van der Waals surface area contributed by atoms with Crippen molar-refractivity contribution < 1.29 is 28.7 Å². The Balaban J connectivity index is 1.69. The lowest BCUT2D eigenvalue weighted by atomic mass is 10.1. The number of nitrogens with two attached hydrogens (primary N) is 1. The van der Waals surface area contributed by atoms with Gasteiger partial charge < -0.3 is 20.5 Å². The molecular formula is C27H26N2O6. The Hall–Kier alpha value is -4.46. The van der Waals surface area contributed by atoms with Crippen LogP contribution in [0, 0.1) is 0 Å². The Bertz CT molecular complexity index is 1160. The lowest BCUT2D eigenvalue weighted by Gasteiger charge is -2.18. The Morgan fingerprint density at radius 1 is 0.714 bits per heavy atom. The number of nitrogens with one attached hydrogen (secondary N) is 1. The summed E-state index contributed by atoms with van der Waals surface area (Å²) in [6.07, 6.45) is -0.179. The number of hydrogen-bond acceptors (Lipinski definition) is 6. The molecule has 1 atom stereocenters. The highest BCUT2D eigenvalue weighted by molar-refractivity contribution is 6.06. The number of ether oxygens (including phenoxy) is 2. The van der Waals surface area contributed by atoms with Gasteiger partial charge in [-0.25, -0.2) is 9.59 Å². The van der Waals surface area contributed by atoms with Crippen molar-refractivity contribution in [2.45, 2.75) is 32.1 Å². The van der Waals surface area contributed by atoms with Crippen LogP contribution in [0.4, 0.5) is 0 Å². The molecule has 0 saturated heterocycles. The molecule has 180 valence electrons. The highest BCUT2D eigenvalue weighted by Gasteiger charge is 2.26. The van der Waals surface area contributed by atoms with E-state index in [1.165, 1.54) is 12.1 Å². The van der Waals surface area contributed by atoms with Gasteiger partial charge in [0.15, 0.2) is 0 Å². The Labute approximate surface area is 203 Å². The molecule has 0 aliphatic rings. The maximum absolute atomic E-state index is 13.0. The molecule has 2 amide bonds. The van der Waals surface area contributed by atoms with Crippen molar-refractivity contribution in [3.05, 3.63) is 107 Å². The minimum absolute atomic E-state index is 0.00497. The molecule has 0 bridgehead atoms. The van der Waals surface area contributed by atoms with Crippen molar-refractivity contribution >= 4 is 23.8 Å². The van der Waals surface area contributed by atoms with E-state index in [2.05, 4.69) is 5.32 Å². The molecule has 0 unspecified atom stereocenters. The fraction of sp³-hybridized carbons (Fsp3) is 0.185. The first kappa shape index (κ1) is 25.2. The molecule has 3 aromatic rings. The van der Waals surface area contributed by atoms with E-state index in [1.807, 2.05) is 48.5 Å². The number of primary amides is 1. The summed E-state index contributed by atoms with van der Waals surface area (Å²) in [4.78, 5) is 49.7. The minimum Gasteiger partial charge on any atom is -0.459 e. The summed E-state index contributed by atoms with van der Waals surface area (Å²) in [6.45, 7) is 0.0493. The quantitative estimate of drug-likeness (QED) is 0.411. The SMILES string of the molecule is NC(=O)CC[C@H](NC(=O)c1ccccc1C(=O)OCc1ccccc1)C(=O)OCc1ccccc1. The van der Waals surface area contributed by atoms with E-state index in [0.717, 1.165) is 11.1 Å². The molecule has 0 aliphatic heterocycles. The average molecular weight is 475 g/mol. The summed E-state index contributed by atoms with van der Waals surface area (Å²) in [5, 5.41) is 2.56. The molecule has 0 aromatic heterocycles. The van der Waals surface area contributed by atoms with E-state index in [-0.39, 0.29) is 37.2 Å². The average Bonchev–Trinajstić information content (AvgIpc) is 2.89. The zero-order valence-electron chi connectivity index (χ0n) is 19.0. The van der Waals surface area contributed by atoms with Gasteiger partial charge >= 0.3 is 11.9 Å². The van der Waals surface area contributed by atoms with Gasteiger partial charge in [-0.1, -0.05) is 72.8 Å². The number of hydrogen-bond donors (Lipinski definition) is 2. The molecule has 3 rings (SSSR count). The van der Waals surface area contributed by atoms with Crippen LogP contribution in [0.15, 0.2) is 84.9 Å². The predicted octanol–water partition coefficient (Wildman–Crippen LogP) is 3.15. The largest absolute Gasteiger partial charge is 0.459 e. The first-order valence-corrected chi connectivity index (χ1v) is 11.0. The second kappa shape index (κ2) is 12.7. The van der Waals surface area contributed by atoms with Crippen molar-refractivity contribution in [2.75, 3.05) is 0 Å². The maximum Gasteiger partial charge on any atom is 0.339 e. The van der Waals surface area contributed by atoms with Crippen LogP contribution in [0.25, 0.3) is 0 Å². The second-order valence-electron chi connectivity index (χ2n) is 7.73. The van der Waals surface area contributed by atoms with Gasteiger partial charge in [0.1, 0.15) is 19.3 Å². The maximum atomic E-state index is 13.0. The number of rotatable bonds is 11. The van der Waals surface area contributed by atoms with Crippen molar-refractivity contribution in [3.8, 4) is 0 Å². The predicted molar refractivity (Wildman–Crippen MR) is 128 cm³/mol. The van der Waals surface area contributed by atoms with Gasteiger partial charge in [-0.15, -0.1) is 0 Å². The first-order valence-electron chi connectivity index (χ1n) is 11.0. The Morgan fingerprint density at radius 2 is 1.23 bits per heavy atom. The van der Waals surface area contributed by atoms with E-state index >= 15 is 0 Å². The topological polar surface area (TPSA) is 125 Å². The molecule has 0 aliphatic carbocycles. The van der Waals surface area contributed by atoms with Crippen LogP contribution >= 0.6 is 0 Å². The van der Waals surface area contributed by atoms with Crippen LogP contribution < -0.4 is 11.1 Å². The van der Waals surface area contributed by atoms with E-state index in [9.17, 15) is 19.2 Å². The van der Waals surface area contributed by atoms with Crippen LogP contribution in [0.3, 0.4) is 0 Å². The van der Waals surface area contributed by atoms with Gasteiger partial charge in [0.2, 0.25) is 5.91 Å². The normalized spacial score (nSPS) is 11.2. The summed E-state index contributed by atoms with van der Waals surface area (Å²) in [5.74, 6) is -2.69. The molecule has 8 nitrogen and oxygen atoms in total. The van der Waals surface area contributed by atoms with Crippen LogP contribution in [0.1, 0.15) is 44.7 Å². The van der Waals surface area contributed by atoms with Crippen LogP contribution in [-0.2, 0) is 32.3 Å². The van der Waals surface area contributed by atoms with Gasteiger partial charge in [0.25, 0.3) is 5.91 Å². The molecule has 3 N–H and O–H groups in total. The van der Waals surface area contributed by atoms with Gasteiger partial charge in [-0.2, -0.15) is 0 Å². The van der Waals surface area contributed by atoms with Crippen LogP contribution in [-0.4, -0.2) is 29.8 Å². The van der Waals surface area contributed by atoms with Gasteiger partial charge in [-0.05, 0) is 29.7 Å².